The summed E-state index contributed by atoms with van der Waals surface area (Å²) in [6.45, 7) is 4.48. The molecule has 0 saturated carbocycles. The molecule has 5 heteroatoms. The first-order chi connectivity index (χ1) is 8.68. The van der Waals surface area contributed by atoms with Gasteiger partial charge in [0.2, 0.25) is 0 Å². The number of hydrogen-bond donors (Lipinski definition) is 1. The summed E-state index contributed by atoms with van der Waals surface area (Å²) in [5.41, 5.74) is 0.984. The topological polar surface area (TPSA) is 49.4 Å². The van der Waals surface area contributed by atoms with Crippen LogP contribution >= 0.6 is 0 Å². The van der Waals surface area contributed by atoms with Crippen LogP contribution in [-0.4, -0.2) is 51.3 Å². The van der Waals surface area contributed by atoms with Crippen LogP contribution in [0, 0.1) is 0 Å². The van der Waals surface area contributed by atoms with Gasteiger partial charge >= 0.3 is 0 Å². The highest BCUT2D eigenvalue weighted by Crippen LogP contribution is 2.31. The van der Waals surface area contributed by atoms with E-state index in [1.165, 1.54) is 0 Å². The molecule has 1 atom stereocenters. The van der Waals surface area contributed by atoms with Crippen LogP contribution in [0.15, 0.2) is 29.2 Å². The van der Waals surface area contributed by atoms with E-state index in [9.17, 15) is 8.42 Å². The van der Waals surface area contributed by atoms with Gasteiger partial charge in [0.15, 0.2) is 9.84 Å². The molecule has 1 unspecified atom stereocenters. The molecule has 1 aromatic carbocycles. The largest absolute Gasteiger partial charge is 0.314 e. The average Bonchev–Trinajstić information content (AvgIpc) is 2.63. The Labute approximate surface area is 108 Å². The van der Waals surface area contributed by atoms with Gasteiger partial charge in [0, 0.05) is 32.7 Å². The molecule has 0 aliphatic carbocycles. The van der Waals surface area contributed by atoms with E-state index in [1.54, 1.807) is 6.07 Å². The molecule has 1 N–H and O–H groups in total. The number of nitrogens with one attached hydrogen (secondary N) is 1. The molecular formula is C13H18N2O2S. The maximum absolute atomic E-state index is 12.4. The van der Waals surface area contributed by atoms with Crippen LogP contribution in [0.4, 0.5) is 0 Å². The summed E-state index contributed by atoms with van der Waals surface area (Å²) in [5, 5.41) is 3.03. The van der Waals surface area contributed by atoms with Crippen molar-refractivity contribution in [3.8, 4) is 0 Å². The number of sulfone groups is 1. The average molecular weight is 266 g/mol. The molecule has 1 fully saturated rings. The van der Waals surface area contributed by atoms with Crippen molar-refractivity contribution in [2.75, 3.05) is 32.7 Å². The van der Waals surface area contributed by atoms with Crippen molar-refractivity contribution in [2.45, 2.75) is 16.6 Å². The van der Waals surface area contributed by atoms with Crippen LogP contribution < -0.4 is 5.32 Å². The minimum Gasteiger partial charge on any atom is -0.314 e. The van der Waals surface area contributed by atoms with Crippen LogP contribution in [0.1, 0.15) is 5.56 Å². The lowest BCUT2D eigenvalue weighted by molar-refractivity contribution is 0.240. The summed E-state index contributed by atoms with van der Waals surface area (Å²) < 4.78 is 24.8. The van der Waals surface area contributed by atoms with Crippen LogP contribution in [0.2, 0.25) is 0 Å². The van der Waals surface area contributed by atoms with Crippen molar-refractivity contribution in [1.29, 1.82) is 0 Å². The Morgan fingerprint density at radius 1 is 1.22 bits per heavy atom. The van der Waals surface area contributed by atoms with Crippen molar-refractivity contribution >= 4 is 9.84 Å². The summed E-state index contributed by atoms with van der Waals surface area (Å²) in [6.07, 6.45) is 0.669. The molecule has 1 aromatic rings. The first kappa shape index (κ1) is 12.1. The minimum atomic E-state index is -3.11. The first-order valence-corrected chi connectivity index (χ1v) is 7.97. The number of rotatable bonds is 2. The van der Waals surface area contributed by atoms with Gasteiger partial charge in [-0.15, -0.1) is 0 Å². The van der Waals surface area contributed by atoms with Crippen LogP contribution in [0.5, 0.6) is 0 Å². The third-order valence-corrected chi connectivity index (χ3v) is 6.04. The first-order valence-electron chi connectivity index (χ1n) is 6.43. The van der Waals surface area contributed by atoms with Gasteiger partial charge in [-0.2, -0.15) is 0 Å². The molecule has 2 heterocycles. The summed E-state index contributed by atoms with van der Waals surface area (Å²) in [5.74, 6) is 0. The molecule has 0 bridgehead atoms. The predicted octanol–water partition coefficient (Wildman–Crippen LogP) is 0.290. The van der Waals surface area contributed by atoms with E-state index in [-0.39, 0.29) is 5.25 Å². The highest BCUT2D eigenvalue weighted by atomic mass is 32.2. The Morgan fingerprint density at radius 3 is 2.67 bits per heavy atom. The maximum Gasteiger partial charge on any atom is 0.183 e. The second-order valence-electron chi connectivity index (χ2n) is 5.03. The fourth-order valence-corrected chi connectivity index (χ4v) is 4.78. The third kappa shape index (κ3) is 2.06. The van der Waals surface area contributed by atoms with Crippen LogP contribution in [0.25, 0.3) is 0 Å². The zero-order valence-corrected chi connectivity index (χ0v) is 11.1. The molecule has 18 heavy (non-hydrogen) atoms. The second-order valence-corrected chi connectivity index (χ2v) is 7.23. The van der Waals surface area contributed by atoms with E-state index < -0.39 is 9.84 Å². The summed E-state index contributed by atoms with van der Waals surface area (Å²) in [4.78, 5) is 2.80. The predicted molar refractivity (Wildman–Crippen MR) is 70.4 cm³/mol. The van der Waals surface area contributed by atoms with Crippen molar-refractivity contribution < 1.29 is 8.42 Å². The number of piperazine rings is 1. The second kappa shape index (κ2) is 4.64. The SMILES string of the molecule is O=S1(=O)c2ccccc2CC1CN1CCNCC1. The smallest absolute Gasteiger partial charge is 0.183 e. The van der Waals surface area contributed by atoms with Gasteiger partial charge in [-0.25, -0.2) is 8.42 Å². The summed E-state index contributed by atoms with van der Waals surface area (Å²) in [7, 11) is -3.11. The molecule has 0 amide bonds. The molecular weight excluding hydrogens is 248 g/mol. The van der Waals surface area contributed by atoms with Gasteiger partial charge in [0.05, 0.1) is 10.1 Å². The van der Waals surface area contributed by atoms with Crippen molar-refractivity contribution in [1.82, 2.24) is 10.2 Å². The number of hydrogen-bond acceptors (Lipinski definition) is 4. The van der Waals surface area contributed by atoms with Crippen molar-refractivity contribution in [3.63, 3.8) is 0 Å². The lowest BCUT2D eigenvalue weighted by atomic mass is 10.1. The molecule has 0 radical (unpaired) electrons. The van der Waals surface area contributed by atoms with E-state index in [0.717, 1.165) is 31.7 Å². The van der Waals surface area contributed by atoms with Crippen LogP contribution in [0.3, 0.4) is 0 Å². The molecule has 98 valence electrons. The molecule has 2 aliphatic rings. The van der Waals surface area contributed by atoms with E-state index in [2.05, 4.69) is 10.2 Å². The van der Waals surface area contributed by atoms with Gasteiger partial charge in [-0.05, 0) is 18.1 Å². The summed E-state index contributed by atoms with van der Waals surface area (Å²) in [6, 6.07) is 7.40. The van der Waals surface area contributed by atoms with Crippen molar-refractivity contribution in [2.24, 2.45) is 0 Å². The lowest BCUT2D eigenvalue weighted by Gasteiger charge is -2.29. The van der Waals surface area contributed by atoms with Gasteiger partial charge in [-0.1, -0.05) is 18.2 Å². The van der Waals surface area contributed by atoms with Gasteiger partial charge in [-0.3, -0.25) is 4.90 Å². The van der Waals surface area contributed by atoms with Crippen LogP contribution in [-0.2, 0) is 16.3 Å². The van der Waals surface area contributed by atoms with Gasteiger partial charge in [0.1, 0.15) is 0 Å². The highest BCUT2D eigenvalue weighted by molar-refractivity contribution is 7.92. The Hall–Kier alpha value is -0.910. The van der Waals surface area contributed by atoms with E-state index in [0.29, 0.717) is 17.9 Å². The quantitative estimate of drug-likeness (QED) is 0.836. The van der Waals surface area contributed by atoms with Gasteiger partial charge in [0.25, 0.3) is 0 Å². The van der Waals surface area contributed by atoms with E-state index in [1.807, 2.05) is 18.2 Å². The Balaban J connectivity index is 1.80. The normalized spacial score (nSPS) is 27.0. The minimum absolute atomic E-state index is 0.256. The Kier molecular flexibility index (Phi) is 3.13. The standard InChI is InChI=1S/C13H18N2O2S/c16-18(17)12(10-15-7-5-14-6-8-15)9-11-3-1-2-4-13(11)18/h1-4,12,14H,5-10H2. The zero-order chi connectivity index (χ0) is 12.6. The fourth-order valence-electron chi connectivity index (χ4n) is 2.83. The molecule has 0 spiro atoms. The Morgan fingerprint density at radius 2 is 1.94 bits per heavy atom. The molecule has 4 nitrogen and oxygen atoms in total. The molecule has 3 rings (SSSR count). The van der Waals surface area contributed by atoms with E-state index >= 15 is 0 Å². The lowest BCUT2D eigenvalue weighted by Crippen LogP contribution is -2.47. The third-order valence-electron chi connectivity index (χ3n) is 3.84. The fraction of sp³-hybridized carbons (Fsp3) is 0.538. The molecule has 2 aliphatic heterocycles. The Bertz CT molecular complexity index is 536. The molecule has 0 aromatic heterocycles. The molecule has 1 saturated heterocycles. The monoisotopic (exact) mass is 266 g/mol. The number of nitrogens with zero attached hydrogens (tertiary/aromatic N) is 1. The van der Waals surface area contributed by atoms with Gasteiger partial charge < -0.3 is 5.32 Å². The number of benzene rings is 1. The number of fused-ring (bicyclic) bond motifs is 1. The summed E-state index contributed by atoms with van der Waals surface area (Å²) >= 11 is 0. The highest BCUT2D eigenvalue weighted by Gasteiger charge is 2.37. The van der Waals surface area contributed by atoms with E-state index in [4.69, 9.17) is 0 Å². The zero-order valence-electron chi connectivity index (χ0n) is 10.3. The maximum atomic E-state index is 12.4. The van der Waals surface area contributed by atoms with Crippen molar-refractivity contribution in [3.05, 3.63) is 29.8 Å².